The Bertz CT molecular complexity index is 659. The summed E-state index contributed by atoms with van der Waals surface area (Å²) in [7, 11) is -3.62. The summed E-state index contributed by atoms with van der Waals surface area (Å²) in [5, 5.41) is 0.0459. The van der Waals surface area contributed by atoms with E-state index >= 15 is 0 Å². The smallest absolute Gasteiger partial charge is 0.306 e. The van der Waals surface area contributed by atoms with Gasteiger partial charge in [-0.1, -0.05) is 0 Å². The van der Waals surface area contributed by atoms with E-state index in [0.717, 1.165) is 0 Å². The van der Waals surface area contributed by atoms with Gasteiger partial charge in [0.25, 0.3) is 10.0 Å². The minimum atomic E-state index is -3.62. The Labute approximate surface area is 141 Å². The van der Waals surface area contributed by atoms with Crippen LogP contribution in [-0.4, -0.2) is 72.3 Å². The van der Waals surface area contributed by atoms with E-state index in [1.807, 2.05) is 0 Å². The second-order valence-electron chi connectivity index (χ2n) is 5.36. The Morgan fingerprint density at radius 1 is 1.25 bits per heavy atom. The van der Waals surface area contributed by atoms with Crippen molar-refractivity contribution < 1.29 is 22.7 Å². The highest BCUT2D eigenvalue weighted by Crippen LogP contribution is 2.15. The van der Waals surface area contributed by atoms with Crippen molar-refractivity contribution in [3.8, 4) is 0 Å². The van der Waals surface area contributed by atoms with E-state index in [2.05, 4.69) is 9.97 Å². The molecule has 0 atom stereocenters. The van der Waals surface area contributed by atoms with Gasteiger partial charge in [0.2, 0.25) is 5.91 Å². The van der Waals surface area contributed by atoms with E-state index in [9.17, 15) is 18.0 Å². The molecule has 1 aromatic heterocycles. The van der Waals surface area contributed by atoms with Gasteiger partial charge in [0, 0.05) is 32.6 Å². The van der Waals surface area contributed by atoms with Crippen LogP contribution in [0.3, 0.4) is 0 Å². The minimum absolute atomic E-state index is 0.0410. The van der Waals surface area contributed by atoms with Crippen molar-refractivity contribution in [3.05, 3.63) is 12.5 Å². The average molecular weight is 358 g/mol. The molecule has 0 saturated carbocycles. The highest BCUT2D eigenvalue weighted by Gasteiger charge is 2.29. The summed E-state index contributed by atoms with van der Waals surface area (Å²) in [6, 6.07) is 0. The lowest BCUT2D eigenvalue weighted by Gasteiger charge is -2.21. The number of hydrogen-bond acceptors (Lipinski definition) is 6. The third-order valence-corrected chi connectivity index (χ3v) is 5.57. The van der Waals surface area contributed by atoms with Gasteiger partial charge < -0.3 is 14.6 Å². The summed E-state index contributed by atoms with van der Waals surface area (Å²) in [5.41, 5.74) is 0. The summed E-state index contributed by atoms with van der Waals surface area (Å²) < 4.78 is 31.1. The van der Waals surface area contributed by atoms with Gasteiger partial charge in [0.05, 0.1) is 25.6 Å². The number of carbonyl (C=O) groups is 2. The van der Waals surface area contributed by atoms with E-state index in [0.29, 0.717) is 26.1 Å². The predicted octanol–water partition coefficient (Wildman–Crippen LogP) is -0.0240. The number of imidazole rings is 1. The van der Waals surface area contributed by atoms with Crippen molar-refractivity contribution >= 4 is 21.9 Å². The normalized spacial score (nSPS) is 16.6. The molecule has 0 unspecified atom stereocenters. The maximum atomic E-state index is 12.5. The molecule has 0 spiro atoms. The van der Waals surface area contributed by atoms with Gasteiger partial charge in [0.15, 0.2) is 5.03 Å². The predicted molar refractivity (Wildman–Crippen MR) is 84.4 cm³/mol. The number of nitrogens with one attached hydrogen (secondary N) is 1. The van der Waals surface area contributed by atoms with E-state index in [4.69, 9.17) is 4.74 Å². The number of ether oxygens (including phenoxy) is 1. The first-order valence-electron chi connectivity index (χ1n) is 7.87. The fraction of sp³-hybridized carbons (Fsp3) is 0.643. The number of rotatable bonds is 6. The maximum absolute atomic E-state index is 12.5. The monoisotopic (exact) mass is 358 g/mol. The topological polar surface area (TPSA) is 113 Å². The molecule has 1 saturated heterocycles. The molecule has 134 valence electrons. The molecule has 1 fully saturated rings. The molecule has 1 amide bonds. The van der Waals surface area contributed by atoms with Crippen molar-refractivity contribution in [1.29, 1.82) is 0 Å². The molecule has 0 bridgehead atoms. The van der Waals surface area contributed by atoms with Crippen molar-refractivity contribution in [2.24, 2.45) is 0 Å². The number of H-pyrrole nitrogens is 1. The summed E-state index contributed by atoms with van der Waals surface area (Å²) in [4.78, 5) is 31.4. The van der Waals surface area contributed by atoms with Crippen LogP contribution >= 0.6 is 0 Å². The van der Waals surface area contributed by atoms with Crippen LogP contribution in [-0.2, 0) is 24.3 Å². The van der Waals surface area contributed by atoms with Gasteiger partial charge in [-0.25, -0.2) is 13.4 Å². The molecule has 1 N–H and O–H groups in total. The largest absolute Gasteiger partial charge is 0.466 e. The lowest BCUT2D eigenvalue weighted by molar-refractivity contribution is -0.145. The lowest BCUT2D eigenvalue weighted by atomic mass is 10.2. The zero-order chi connectivity index (χ0) is 17.6. The Kier molecular flexibility index (Phi) is 6.32. The quantitative estimate of drug-likeness (QED) is 0.715. The van der Waals surface area contributed by atoms with Crippen LogP contribution in [0.2, 0.25) is 0 Å². The molecular formula is C14H22N4O5S. The molecule has 0 aromatic carbocycles. The Hall–Kier alpha value is -1.94. The number of sulfonamides is 1. The van der Waals surface area contributed by atoms with Crippen molar-refractivity contribution in [3.63, 3.8) is 0 Å². The zero-order valence-corrected chi connectivity index (χ0v) is 14.4. The highest BCUT2D eigenvalue weighted by atomic mass is 32.2. The first kappa shape index (κ1) is 18.4. The standard InChI is InChI=1S/C14H22N4O5S/c1-2-23-14(20)5-4-13(19)17-6-3-7-18(9-8-17)24(21,22)12-10-15-11-16-12/h10-11H,2-9H2,1H3,(H,15,16). The van der Waals surface area contributed by atoms with Crippen molar-refractivity contribution in [1.82, 2.24) is 19.2 Å². The first-order chi connectivity index (χ1) is 11.4. The Morgan fingerprint density at radius 2 is 2.04 bits per heavy atom. The molecular weight excluding hydrogens is 336 g/mol. The third-order valence-electron chi connectivity index (χ3n) is 3.75. The molecule has 2 rings (SSSR count). The van der Waals surface area contributed by atoms with Gasteiger partial charge in [-0.15, -0.1) is 0 Å². The van der Waals surface area contributed by atoms with Crippen LogP contribution in [0.1, 0.15) is 26.2 Å². The van der Waals surface area contributed by atoms with Crippen molar-refractivity contribution in [2.75, 3.05) is 32.8 Å². The van der Waals surface area contributed by atoms with Crippen LogP contribution in [0.25, 0.3) is 0 Å². The fourth-order valence-corrected chi connectivity index (χ4v) is 3.87. The van der Waals surface area contributed by atoms with Crippen LogP contribution in [0.5, 0.6) is 0 Å². The van der Waals surface area contributed by atoms with E-state index in [1.54, 1.807) is 11.8 Å². The average Bonchev–Trinajstić information content (AvgIpc) is 2.98. The van der Waals surface area contributed by atoms with Gasteiger partial charge in [0.1, 0.15) is 0 Å². The van der Waals surface area contributed by atoms with Gasteiger partial charge >= 0.3 is 5.97 Å². The fourth-order valence-electron chi connectivity index (χ4n) is 2.51. The number of esters is 1. The Balaban J connectivity index is 1.90. The number of aromatic nitrogens is 2. The number of amides is 1. The molecule has 1 aromatic rings. The Morgan fingerprint density at radius 3 is 2.71 bits per heavy atom. The van der Waals surface area contributed by atoms with E-state index in [1.165, 1.54) is 16.8 Å². The second kappa shape index (κ2) is 8.25. The van der Waals surface area contributed by atoms with Gasteiger partial charge in [-0.05, 0) is 13.3 Å². The van der Waals surface area contributed by atoms with Crippen LogP contribution in [0, 0.1) is 0 Å². The molecule has 0 radical (unpaired) electrons. The summed E-state index contributed by atoms with van der Waals surface area (Å²) >= 11 is 0. The zero-order valence-electron chi connectivity index (χ0n) is 13.6. The number of hydrogen-bond donors (Lipinski definition) is 1. The molecule has 2 heterocycles. The SMILES string of the molecule is CCOC(=O)CCC(=O)N1CCCN(S(=O)(=O)c2cnc[nH]2)CC1. The van der Waals surface area contributed by atoms with E-state index in [-0.39, 0.29) is 36.9 Å². The van der Waals surface area contributed by atoms with E-state index < -0.39 is 16.0 Å². The number of nitrogens with zero attached hydrogens (tertiary/aromatic N) is 3. The number of aromatic amines is 1. The molecule has 24 heavy (non-hydrogen) atoms. The maximum Gasteiger partial charge on any atom is 0.306 e. The van der Waals surface area contributed by atoms with Crippen LogP contribution in [0.4, 0.5) is 0 Å². The molecule has 9 nitrogen and oxygen atoms in total. The minimum Gasteiger partial charge on any atom is -0.466 e. The van der Waals surface area contributed by atoms with Gasteiger partial charge in [-0.2, -0.15) is 4.31 Å². The summed E-state index contributed by atoms with van der Waals surface area (Å²) in [5.74, 6) is -0.562. The molecule has 10 heteroatoms. The third kappa shape index (κ3) is 4.54. The van der Waals surface area contributed by atoms with Crippen molar-refractivity contribution in [2.45, 2.75) is 31.2 Å². The highest BCUT2D eigenvalue weighted by molar-refractivity contribution is 7.89. The second-order valence-corrected chi connectivity index (χ2v) is 7.27. The van der Waals surface area contributed by atoms with Crippen LogP contribution in [0.15, 0.2) is 17.6 Å². The lowest BCUT2D eigenvalue weighted by Crippen LogP contribution is -2.37. The summed E-state index contributed by atoms with van der Waals surface area (Å²) in [6.45, 7) is 3.32. The van der Waals surface area contributed by atoms with Crippen LogP contribution < -0.4 is 0 Å². The number of carbonyl (C=O) groups excluding carboxylic acids is 2. The first-order valence-corrected chi connectivity index (χ1v) is 9.31. The molecule has 0 aliphatic carbocycles. The summed E-state index contributed by atoms with van der Waals surface area (Å²) in [6.07, 6.45) is 3.24. The molecule has 1 aliphatic rings. The molecule has 1 aliphatic heterocycles. The van der Waals surface area contributed by atoms with Gasteiger partial charge in [-0.3, -0.25) is 9.59 Å².